The number of halogens is 1. The number of aromatic hydroxyl groups is 1. The van der Waals surface area contributed by atoms with Gasteiger partial charge in [-0.2, -0.15) is 0 Å². The average Bonchev–Trinajstić information content (AvgIpc) is 2.29. The van der Waals surface area contributed by atoms with Crippen molar-refractivity contribution in [2.75, 3.05) is 13.2 Å². The first kappa shape index (κ1) is 15.1. The Hall–Kier alpha value is -0.940. The molecule has 0 aliphatic carbocycles. The van der Waals surface area contributed by atoms with E-state index in [1.54, 1.807) is 13.8 Å². The topological polar surface area (TPSA) is 81.8 Å². The van der Waals surface area contributed by atoms with Crippen molar-refractivity contribution in [1.29, 1.82) is 0 Å². The monoisotopic (exact) mass is 277 g/mol. The summed E-state index contributed by atoms with van der Waals surface area (Å²) >= 11 is 0. The van der Waals surface area contributed by atoms with E-state index in [0.29, 0.717) is 0 Å². The fourth-order valence-corrected chi connectivity index (χ4v) is 3.15. The third kappa shape index (κ3) is 3.29. The fourth-order valence-electron chi connectivity index (χ4n) is 1.48. The largest absolute Gasteiger partial charge is 0.508 e. The van der Waals surface area contributed by atoms with Crippen molar-refractivity contribution in [1.82, 2.24) is 0 Å². The van der Waals surface area contributed by atoms with Gasteiger partial charge in [-0.25, -0.2) is 4.39 Å². The van der Waals surface area contributed by atoms with Crippen LogP contribution in [0.2, 0.25) is 0 Å². The van der Waals surface area contributed by atoms with Gasteiger partial charge < -0.3 is 19.9 Å². The summed E-state index contributed by atoms with van der Waals surface area (Å²) in [5.41, 5.74) is 5.75. The molecule has 1 atom stereocenters. The predicted octanol–water partition coefficient (Wildman–Crippen LogP) is 2.75. The first-order valence-corrected chi connectivity index (χ1v) is 7.18. The van der Waals surface area contributed by atoms with E-state index >= 15 is 0 Å². The first-order chi connectivity index (χ1) is 8.44. The number of phenols is 1. The average molecular weight is 277 g/mol. The Morgan fingerprint density at radius 1 is 1.39 bits per heavy atom. The maximum atomic E-state index is 13.6. The van der Waals surface area contributed by atoms with E-state index in [-0.39, 0.29) is 24.5 Å². The zero-order valence-electron chi connectivity index (χ0n) is 10.3. The molecule has 5 nitrogen and oxygen atoms in total. The van der Waals surface area contributed by atoms with Crippen LogP contribution in [0.1, 0.15) is 25.2 Å². The molecule has 1 aromatic carbocycles. The lowest BCUT2D eigenvalue weighted by Gasteiger charge is -2.23. The minimum atomic E-state index is -3.62. The fraction of sp³-hybridized carbons (Fsp3) is 0.455. The third-order valence-electron chi connectivity index (χ3n) is 2.26. The lowest BCUT2D eigenvalue weighted by Crippen LogP contribution is -2.16. The van der Waals surface area contributed by atoms with Gasteiger partial charge in [-0.1, -0.05) is 6.07 Å². The van der Waals surface area contributed by atoms with Crippen LogP contribution < -0.4 is 5.73 Å². The van der Waals surface area contributed by atoms with Crippen LogP contribution in [0.4, 0.5) is 4.39 Å². The van der Waals surface area contributed by atoms with Gasteiger partial charge in [0.25, 0.3) is 0 Å². The summed E-state index contributed by atoms with van der Waals surface area (Å²) < 4.78 is 36.1. The number of rotatable bonds is 6. The zero-order chi connectivity index (χ0) is 13.8. The summed E-state index contributed by atoms with van der Waals surface area (Å²) in [6.45, 7) is 3.58. The van der Waals surface area contributed by atoms with Crippen LogP contribution in [0.5, 0.6) is 5.75 Å². The van der Waals surface area contributed by atoms with Crippen molar-refractivity contribution < 1.29 is 23.1 Å². The van der Waals surface area contributed by atoms with Gasteiger partial charge in [0.05, 0.1) is 13.2 Å². The minimum absolute atomic E-state index is 0.0157. The van der Waals surface area contributed by atoms with Gasteiger partial charge in [0, 0.05) is 11.6 Å². The van der Waals surface area contributed by atoms with Crippen molar-refractivity contribution in [2.24, 2.45) is 5.73 Å². The van der Waals surface area contributed by atoms with E-state index in [2.05, 4.69) is 0 Å². The normalized spacial score (nSPS) is 13.6. The molecule has 0 saturated heterocycles. The molecule has 102 valence electrons. The first-order valence-electron chi connectivity index (χ1n) is 5.57. The van der Waals surface area contributed by atoms with Gasteiger partial charge >= 0.3 is 7.60 Å². The van der Waals surface area contributed by atoms with Crippen LogP contribution in [0.25, 0.3) is 0 Å². The highest BCUT2D eigenvalue weighted by atomic mass is 31.2. The number of nitrogens with two attached hydrogens (primary N) is 1. The predicted molar refractivity (Wildman–Crippen MR) is 65.9 cm³/mol. The van der Waals surface area contributed by atoms with Crippen LogP contribution >= 0.6 is 7.60 Å². The Morgan fingerprint density at radius 2 is 1.94 bits per heavy atom. The Balaban J connectivity index is 3.09. The SMILES string of the molecule is CCOP(=O)(OCC)[C@H](N)c1ccc(O)cc1F. The third-order valence-corrected chi connectivity index (χ3v) is 4.46. The molecule has 0 spiro atoms. The lowest BCUT2D eigenvalue weighted by atomic mass is 10.2. The number of phenolic OH excluding ortho intramolecular Hbond substituents is 1. The Bertz CT molecular complexity index is 445. The zero-order valence-corrected chi connectivity index (χ0v) is 11.2. The number of hydrogen-bond acceptors (Lipinski definition) is 5. The lowest BCUT2D eigenvalue weighted by molar-refractivity contribution is 0.212. The molecule has 0 fully saturated rings. The second-order valence-electron chi connectivity index (χ2n) is 3.53. The standard InChI is InChI=1S/C11H17FNO4P/c1-3-16-18(15,17-4-2)11(13)9-6-5-8(14)7-10(9)12/h5-7,11,14H,3-4,13H2,1-2H3/t11-/m0/s1. The summed E-state index contributed by atoms with van der Waals surface area (Å²) in [5, 5.41) is 9.12. The van der Waals surface area contributed by atoms with Gasteiger partial charge in [-0.15, -0.1) is 0 Å². The number of hydrogen-bond donors (Lipinski definition) is 2. The molecule has 1 aromatic rings. The minimum Gasteiger partial charge on any atom is -0.508 e. The molecule has 0 aromatic heterocycles. The van der Waals surface area contributed by atoms with Crippen molar-refractivity contribution in [2.45, 2.75) is 19.6 Å². The maximum absolute atomic E-state index is 13.6. The second-order valence-corrected chi connectivity index (χ2v) is 5.68. The van der Waals surface area contributed by atoms with Gasteiger partial charge in [-0.05, 0) is 19.9 Å². The molecule has 3 N–H and O–H groups in total. The Labute approximate surface area is 105 Å². The van der Waals surface area contributed by atoms with Crippen LogP contribution in [-0.4, -0.2) is 18.3 Å². The van der Waals surface area contributed by atoms with Crippen LogP contribution in [0, 0.1) is 5.82 Å². The molecular weight excluding hydrogens is 260 g/mol. The van der Waals surface area contributed by atoms with E-state index in [1.807, 2.05) is 0 Å². The molecule has 1 rings (SSSR count). The summed E-state index contributed by atoms with van der Waals surface area (Å²) in [4.78, 5) is 0. The smallest absolute Gasteiger partial charge is 0.351 e. The molecule has 0 saturated carbocycles. The van der Waals surface area contributed by atoms with E-state index < -0.39 is 19.2 Å². The molecule has 0 amide bonds. The quantitative estimate of drug-likeness (QED) is 0.781. The number of benzene rings is 1. The Kier molecular flexibility index (Phi) is 5.28. The highest BCUT2D eigenvalue weighted by molar-refractivity contribution is 7.54. The van der Waals surface area contributed by atoms with Crippen molar-refractivity contribution in [3.8, 4) is 5.75 Å². The van der Waals surface area contributed by atoms with Crippen molar-refractivity contribution in [3.63, 3.8) is 0 Å². The molecule has 0 bridgehead atoms. The summed E-state index contributed by atoms with van der Waals surface area (Å²) in [7, 11) is -3.62. The maximum Gasteiger partial charge on any atom is 0.351 e. The van der Waals surface area contributed by atoms with E-state index in [9.17, 15) is 8.96 Å². The molecule has 0 heterocycles. The van der Waals surface area contributed by atoms with Gasteiger partial charge in [0.15, 0.2) is 0 Å². The molecule has 0 aliphatic rings. The second kappa shape index (κ2) is 6.29. The van der Waals surface area contributed by atoms with Crippen molar-refractivity contribution >= 4 is 7.60 Å². The molecule has 18 heavy (non-hydrogen) atoms. The molecule has 0 radical (unpaired) electrons. The van der Waals surface area contributed by atoms with Crippen LogP contribution in [0.15, 0.2) is 18.2 Å². The van der Waals surface area contributed by atoms with Gasteiger partial charge in [-0.3, -0.25) is 4.57 Å². The summed E-state index contributed by atoms with van der Waals surface area (Å²) in [6, 6.07) is 3.43. The van der Waals surface area contributed by atoms with E-state index in [1.165, 1.54) is 12.1 Å². The van der Waals surface area contributed by atoms with Crippen LogP contribution in [0.3, 0.4) is 0 Å². The van der Waals surface area contributed by atoms with Crippen molar-refractivity contribution in [3.05, 3.63) is 29.6 Å². The summed E-state index contributed by atoms with van der Waals surface area (Å²) in [6.07, 6.45) is 0. The molecule has 0 unspecified atom stereocenters. The van der Waals surface area contributed by atoms with E-state index in [0.717, 1.165) is 6.07 Å². The molecule has 0 aliphatic heterocycles. The Morgan fingerprint density at radius 3 is 2.39 bits per heavy atom. The van der Waals surface area contributed by atoms with Crippen LogP contribution in [-0.2, 0) is 13.6 Å². The highest BCUT2D eigenvalue weighted by Crippen LogP contribution is 2.58. The van der Waals surface area contributed by atoms with Gasteiger partial charge in [0.1, 0.15) is 17.3 Å². The summed E-state index contributed by atoms with van der Waals surface area (Å²) in [5.74, 6) is -2.20. The molecule has 7 heteroatoms. The van der Waals surface area contributed by atoms with E-state index in [4.69, 9.17) is 19.9 Å². The molecular formula is C11H17FNO4P. The van der Waals surface area contributed by atoms with Gasteiger partial charge in [0.2, 0.25) is 0 Å². The highest BCUT2D eigenvalue weighted by Gasteiger charge is 2.35.